The molecule has 1 atom stereocenters. The number of halogens is 1. The lowest BCUT2D eigenvalue weighted by atomic mass is 9.95. The Kier molecular flexibility index (Phi) is 6.17. The predicted octanol–water partition coefficient (Wildman–Crippen LogP) is 4.03. The van der Waals surface area contributed by atoms with E-state index in [-0.39, 0.29) is 5.57 Å². The van der Waals surface area contributed by atoms with Crippen LogP contribution in [0.1, 0.15) is 38.4 Å². The number of aliphatic hydroxyl groups is 1. The maximum atomic E-state index is 13.3. The Hall–Kier alpha value is -2.22. The summed E-state index contributed by atoms with van der Waals surface area (Å²) in [5.41, 5.74) is 1.22. The number of hydrogen-bond acceptors (Lipinski definition) is 6. The highest BCUT2D eigenvalue weighted by Gasteiger charge is 2.44. The minimum Gasteiger partial charge on any atom is -0.503 e. The summed E-state index contributed by atoms with van der Waals surface area (Å²) in [6.45, 7) is 4.33. The molecule has 1 amide bonds. The number of aryl methyl sites for hydroxylation is 2. The van der Waals surface area contributed by atoms with Crippen molar-refractivity contribution in [1.82, 2.24) is 9.88 Å². The lowest BCUT2D eigenvalue weighted by molar-refractivity contribution is -0.129. The molecule has 3 rings (SSSR count). The smallest absolute Gasteiger partial charge is 0.290 e. The number of ether oxygens (including phenoxy) is 1. The van der Waals surface area contributed by atoms with Crippen LogP contribution in [-0.2, 0) is 9.53 Å². The van der Waals surface area contributed by atoms with E-state index < -0.39 is 23.5 Å². The van der Waals surface area contributed by atoms with Gasteiger partial charge in [0.2, 0.25) is 5.78 Å². The van der Waals surface area contributed by atoms with Crippen molar-refractivity contribution in [3.05, 3.63) is 61.8 Å². The van der Waals surface area contributed by atoms with E-state index in [1.54, 1.807) is 38.3 Å². The second kappa shape index (κ2) is 8.43. The highest BCUT2D eigenvalue weighted by Crippen LogP contribution is 2.42. The highest BCUT2D eigenvalue weighted by molar-refractivity contribution is 7.14. The first-order valence-electron chi connectivity index (χ1n) is 8.83. The van der Waals surface area contributed by atoms with Crippen molar-refractivity contribution in [2.45, 2.75) is 26.3 Å². The summed E-state index contributed by atoms with van der Waals surface area (Å²) in [5, 5.41) is 11.8. The normalized spacial score (nSPS) is 16.9. The first-order chi connectivity index (χ1) is 13.4. The number of nitrogens with zero attached hydrogens (tertiary/aromatic N) is 2. The average molecular weight is 421 g/mol. The minimum atomic E-state index is -0.757. The molecule has 0 saturated heterocycles. The van der Waals surface area contributed by atoms with Crippen molar-refractivity contribution in [3.63, 3.8) is 0 Å². The summed E-state index contributed by atoms with van der Waals surface area (Å²) >= 11 is 7.64. The SMILES string of the molecule is COCCCN1C(=O)C(O)=C(C(=O)c2sc(C)nc2C)C1c1ccccc1Cl. The van der Waals surface area contributed by atoms with Gasteiger partial charge in [0, 0.05) is 25.3 Å². The van der Waals surface area contributed by atoms with Gasteiger partial charge in [-0.2, -0.15) is 0 Å². The maximum absolute atomic E-state index is 13.3. The molecule has 1 aromatic carbocycles. The Morgan fingerprint density at radius 2 is 2.07 bits per heavy atom. The van der Waals surface area contributed by atoms with Gasteiger partial charge in [0.05, 0.1) is 27.2 Å². The van der Waals surface area contributed by atoms with Crippen LogP contribution in [0.3, 0.4) is 0 Å². The quantitative estimate of drug-likeness (QED) is 0.540. The summed E-state index contributed by atoms with van der Waals surface area (Å²) in [6.07, 6.45) is 0.566. The molecule has 2 heterocycles. The van der Waals surface area contributed by atoms with Crippen molar-refractivity contribution in [2.24, 2.45) is 0 Å². The molecule has 1 unspecified atom stereocenters. The van der Waals surface area contributed by atoms with Gasteiger partial charge in [-0.15, -0.1) is 11.3 Å². The number of aliphatic hydroxyl groups excluding tert-OH is 1. The molecule has 0 bridgehead atoms. The fraction of sp³-hybridized carbons (Fsp3) is 0.350. The Morgan fingerprint density at radius 3 is 2.68 bits per heavy atom. The molecular formula is C20H21ClN2O4S. The number of carbonyl (C=O) groups is 2. The molecule has 0 spiro atoms. The van der Waals surface area contributed by atoms with E-state index in [9.17, 15) is 14.7 Å². The van der Waals surface area contributed by atoms with Gasteiger partial charge < -0.3 is 14.7 Å². The molecule has 0 radical (unpaired) electrons. The zero-order chi connectivity index (χ0) is 20.4. The van der Waals surface area contributed by atoms with E-state index in [1.165, 1.54) is 16.2 Å². The fourth-order valence-corrected chi connectivity index (χ4v) is 4.49. The van der Waals surface area contributed by atoms with E-state index in [1.807, 2.05) is 6.92 Å². The van der Waals surface area contributed by atoms with E-state index >= 15 is 0 Å². The maximum Gasteiger partial charge on any atom is 0.290 e. The number of Topliss-reactive ketones (excluding diaryl/α,β-unsaturated/α-hetero) is 1. The lowest BCUT2D eigenvalue weighted by Crippen LogP contribution is -2.32. The number of methoxy groups -OCH3 is 1. The van der Waals surface area contributed by atoms with Crippen LogP contribution in [0.5, 0.6) is 0 Å². The van der Waals surface area contributed by atoms with Crippen LogP contribution < -0.4 is 0 Å². The highest BCUT2D eigenvalue weighted by atomic mass is 35.5. The van der Waals surface area contributed by atoms with Crippen molar-refractivity contribution in [2.75, 3.05) is 20.3 Å². The number of carbonyl (C=O) groups excluding carboxylic acids is 2. The van der Waals surface area contributed by atoms with E-state index in [0.717, 1.165) is 5.01 Å². The minimum absolute atomic E-state index is 0.0438. The first-order valence-corrected chi connectivity index (χ1v) is 10.0. The molecular weight excluding hydrogens is 400 g/mol. The molecule has 1 aromatic heterocycles. The van der Waals surface area contributed by atoms with Gasteiger partial charge in [0.15, 0.2) is 5.76 Å². The standard InChI is InChI=1S/C20H21ClN2O4S/c1-11-19(28-12(2)22-11)17(24)15-16(13-7-4-5-8-14(13)21)23(9-6-10-27-3)20(26)18(15)25/h4-5,7-8,16,25H,6,9-10H2,1-3H3. The van der Waals surface area contributed by atoms with Gasteiger partial charge in [-0.1, -0.05) is 29.8 Å². The zero-order valence-corrected chi connectivity index (χ0v) is 17.4. The molecule has 148 valence electrons. The van der Waals surface area contributed by atoms with Crippen LogP contribution in [0.25, 0.3) is 0 Å². The number of thiazole rings is 1. The van der Waals surface area contributed by atoms with Crippen molar-refractivity contribution < 1.29 is 19.4 Å². The number of amides is 1. The summed E-state index contributed by atoms with van der Waals surface area (Å²) in [5.74, 6) is -1.51. The Labute approximate surface area is 172 Å². The molecule has 6 nitrogen and oxygen atoms in total. The van der Waals surface area contributed by atoms with Crippen LogP contribution in [0, 0.1) is 13.8 Å². The van der Waals surface area contributed by atoms with Gasteiger partial charge in [0.1, 0.15) is 0 Å². The molecule has 0 aliphatic carbocycles. The van der Waals surface area contributed by atoms with E-state index in [4.69, 9.17) is 16.3 Å². The van der Waals surface area contributed by atoms with Crippen molar-refractivity contribution >= 4 is 34.6 Å². The second-order valence-electron chi connectivity index (χ2n) is 6.51. The van der Waals surface area contributed by atoms with Crippen LogP contribution in [0.15, 0.2) is 35.6 Å². The monoisotopic (exact) mass is 420 g/mol. The zero-order valence-electron chi connectivity index (χ0n) is 15.9. The Balaban J connectivity index is 2.09. The third-order valence-electron chi connectivity index (χ3n) is 4.61. The number of hydrogen-bond donors (Lipinski definition) is 1. The second-order valence-corrected chi connectivity index (χ2v) is 8.12. The first kappa shape index (κ1) is 20.5. The molecule has 1 aliphatic rings. The van der Waals surface area contributed by atoms with E-state index in [0.29, 0.717) is 40.7 Å². The lowest BCUT2D eigenvalue weighted by Gasteiger charge is -2.27. The van der Waals surface area contributed by atoms with Crippen molar-refractivity contribution in [1.29, 1.82) is 0 Å². The summed E-state index contributed by atoms with van der Waals surface area (Å²) in [7, 11) is 1.58. The van der Waals surface area contributed by atoms with E-state index in [2.05, 4.69) is 4.98 Å². The van der Waals surface area contributed by atoms with Crippen molar-refractivity contribution in [3.8, 4) is 0 Å². The van der Waals surface area contributed by atoms with Gasteiger partial charge in [0.25, 0.3) is 5.91 Å². The fourth-order valence-electron chi connectivity index (χ4n) is 3.38. The van der Waals surface area contributed by atoms with Gasteiger partial charge in [-0.05, 0) is 31.9 Å². The average Bonchev–Trinajstić information content (AvgIpc) is 3.12. The van der Waals surface area contributed by atoms with Crippen LogP contribution in [-0.4, -0.2) is 46.9 Å². The molecule has 8 heteroatoms. The third kappa shape index (κ3) is 3.70. The molecule has 28 heavy (non-hydrogen) atoms. The summed E-state index contributed by atoms with van der Waals surface area (Å²) in [4.78, 5) is 32.3. The summed E-state index contributed by atoms with van der Waals surface area (Å²) < 4.78 is 5.08. The van der Waals surface area contributed by atoms with Gasteiger partial charge in [-0.25, -0.2) is 4.98 Å². The molecule has 2 aromatic rings. The molecule has 0 saturated carbocycles. The van der Waals surface area contributed by atoms with Gasteiger partial charge >= 0.3 is 0 Å². The predicted molar refractivity (Wildman–Crippen MR) is 108 cm³/mol. The summed E-state index contributed by atoms with van der Waals surface area (Å²) in [6, 6.07) is 6.28. The molecule has 1 N–H and O–H groups in total. The number of ketones is 1. The topological polar surface area (TPSA) is 79.7 Å². The van der Waals surface area contributed by atoms with Crippen LogP contribution in [0.2, 0.25) is 5.02 Å². The number of rotatable bonds is 7. The Morgan fingerprint density at radius 1 is 1.36 bits per heavy atom. The number of aromatic nitrogens is 1. The third-order valence-corrected chi connectivity index (χ3v) is 6.02. The Bertz CT molecular complexity index is 953. The largest absolute Gasteiger partial charge is 0.503 e. The molecule has 1 aliphatic heterocycles. The van der Waals surface area contributed by atoms with Gasteiger partial charge in [-0.3, -0.25) is 9.59 Å². The number of benzene rings is 1. The molecule has 0 fully saturated rings. The van der Waals surface area contributed by atoms with Crippen LogP contribution >= 0.6 is 22.9 Å². The van der Waals surface area contributed by atoms with Crippen LogP contribution in [0.4, 0.5) is 0 Å².